The van der Waals surface area contributed by atoms with Gasteiger partial charge in [0.1, 0.15) is 0 Å². The molecule has 0 amide bonds. The number of aromatic nitrogens is 1. The van der Waals surface area contributed by atoms with E-state index in [0.29, 0.717) is 6.42 Å². The number of hydrogen-bond acceptors (Lipinski definition) is 1. The third-order valence-corrected chi connectivity index (χ3v) is 4.78. The molecule has 2 aromatic carbocycles. The molecule has 110 valence electrons. The van der Waals surface area contributed by atoms with Crippen LogP contribution in [-0.4, -0.2) is 4.98 Å². The van der Waals surface area contributed by atoms with Crippen molar-refractivity contribution in [1.82, 2.24) is 4.98 Å². The van der Waals surface area contributed by atoms with Gasteiger partial charge in [-0.3, -0.25) is 4.79 Å². The van der Waals surface area contributed by atoms with Crippen molar-refractivity contribution in [3.05, 3.63) is 81.6 Å². The van der Waals surface area contributed by atoms with Gasteiger partial charge in [-0.05, 0) is 47.4 Å². The van der Waals surface area contributed by atoms with Gasteiger partial charge in [-0.1, -0.05) is 48.9 Å². The van der Waals surface area contributed by atoms with Gasteiger partial charge in [-0.2, -0.15) is 0 Å². The van der Waals surface area contributed by atoms with Crippen molar-refractivity contribution in [2.24, 2.45) is 0 Å². The summed E-state index contributed by atoms with van der Waals surface area (Å²) in [7, 11) is 0. The highest BCUT2D eigenvalue weighted by molar-refractivity contribution is 5.78. The first kappa shape index (κ1) is 13.3. The van der Waals surface area contributed by atoms with Crippen LogP contribution >= 0.6 is 0 Å². The van der Waals surface area contributed by atoms with E-state index in [2.05, 4.69) is 29.2 Å². The first-order valence-electron chi connectivity index (χ1n) is 7.99. The molecule has 1 fully saturated rings. The number of aromatic amines is 1. The van der Waals surface area contributed by atoms with Crippen LogP contribution in [0.15, 0.2) is 59.4 Å². The van der Waals surface area contributed by atoms with Crippen molar-refractivity contribution in [2.45, 2.75) is 31.6 Å². The van der Waals surface area contributed by atoms with E-state index in [1.54, 1.807) is 0 Å². The zero-order valence-corrected chi connectivity index (χ0v) is 12.5. The number of benzene rings is 2. The van der Waals surface area contributed by atoms with E-state index < -0.39 is 0 Å². The lowest BCUT2D eigenvalue weighted by Crippen LogP contribution is -2.13. The Labute approximate surface area is 129 Å². The highest BCUT2D eigenvalue weighted by Gasteiger charge is 2.18. The summed E-state index contributed by atoms with van der Waals surface area (Å²) in [6, 6.07) is 18.7. The predicted molar refractivity (Wildman–Crippen MR) is 90.4 cm³/mol. The van der Waals surface area contributed by atoms with Crippen LogP contribution in [0.25, 0.3) is 10.9 Å². The monoisotopic (exact) mass is 289 g/mol. The van der Waals surface area contributed by atoms with Crippen LogP contribution in [0, 0.1) is 0 Å². The molecule has 0 saturated heterocycles. The lowest BCUT2D eigenvalue weighted by molar-refractivity contribution is 0.419. The Morgan fingerprint density at radius 3 is 2.50 bits per heavy atom. The fourth-order valence-electron chi connectivity index (χ4n) is 3.19. The molecule has 4 rings (SSSR count). The second-order valence-electron chi connectivity index (χ2n) is 6.26. The van der Waals surface area contributed by atoms with Crippen molar-refractivity contribution in [2.75, 3.05) is 0 Å². The molecule has 2 nitrogen and oxygen atoms in total. The van der Waals surface area contributed by atoms with E-state index in [0.717, 1.165) is 22.4 Å². The molecule has 1 heterocycles. The first-order chi connectivity index (χ1) is 10.8. The minimum absolute atomic E-state index is 0.0155. The number of H-pyrrole nitrogens is 1. The minimum Gasteiger partial charge on any atom is -0.322 e. The van der Waals surface area contributed by atoms with Crippen LogP contribution in [0.4, 0.5) is 0 Å². The topological polar surface area (TPSA) is 32.9 Å². The number of rotatable bonds is 3. The largest absolute Gasteiger partial charge is 0.322 e. The van der Waals surface area contributed by atoms with E-state index in [4.69, 9.17) is 0 Å². The molecule has 0 atom stereocenters. The van der Waals surface area contributed by atoms with Crippen molar-refractivity contribution in [3.8, 4) is 0 Å². The number of nitrogens with one attached hydrogen (secondary N) is 1. The summed E-state index contributed by atoms with van der Waals surface area (Å²) >= 11 is 0. The normalized spacial score (nSPS) is 14.9. The molecule has 2 heteroatoms. The molecule has 1 aromatic heterocycles. The molecule has 1 saturated carbocycles. The van der Waals surface area contributed by atoms with Gasteiger partial charge >= 0.3 is 0 Å². The van der Waals surface area contributed by atoms with E-state index in [-0.39, 0.29) is 5.56 Å². The van der Waals surface area contributed by atoms with Crippen LogP contribution in [0.2, 0.25) is 0 Å². The smallest absolute Gasteiger partial charge is 0.251 e. The van der Waals surface area contributed by atoms with E-state index >= 15 is 0 Å². The first-order valence-corrected chi connectivity index (χ1v) is 7.99. The fourth-order valence-corrected chi connectivity index (χ4v) is 3.19. The van der Waals surface area contributed by atoms with Crippen molar-refractivity contribution < 1.29 is 0 Å². The van der Waals surface area contributed by atoms with Crippen molar-refractivity contribution in [1.29, 1.82) is 0 Å². The van der Waals surface area contributed by atoms with Gasteiger partial charge in [0, 0.05) is 17.5 Å². The Bertz CT molecular complexity index is 857. The Balaban J connectivity index is 1.62. The summed E-state index contributed by atoms with van der Waals surface area (Å²) in [6.07, 6.45) is 4.69. The lowest BCUT2D eigenvalue weighted by Gasteiger charge is -2.25. The summed E-state index contributed by atoms with van der Waals surface area (Å²) in [5.41, 5.74) is 4.39. The number of fused-ring (bicyclic) bond motifs is 1. The number of hydrogen-bond donors (Lipinski definition) is 1. The van der Waals surface area contributed by atoms with Gasteiger partial charge in [0.2, 0.25) is 0 Å². The van der Waals surface area contributed by atoms with Gasteiger partial charge in [-0.15, -0.1) is 0 Å². The number of para-hydroxylation sites is 1. The van der Waals surface area contributed by atoms with Gasteiger partial charge in [0.05, 0.1) is 0 Å². The molecule has 0 radical (unpaired) electrons. The maximum atomic E-state index is 12.2. The average molecular weight is 289 g/mol. The molecular weight excluding hydrogens is 270 g/mol. The van der Waals surface area contributed by atoms with Gasteiger partial charge in [0.15, 0.2) is 0 Å². The Morgan fingerprint density at radius 1 is 1.00 bits per heavy atom. The number of pyridine rings is 1. The molecule has 0 aliphatic heterocycles. The van der Waals surface area contributed by atoms with Crippen LogP contribution in [-0.2, 0) is 6.42 Å². The summed E-state index contributed by atoms with van der Waals surface area (Å²) in [4.78, 5) is 15.2. The van der Waals surface area contributed by atoms with E-state index in [9.17, 15) is 4.79 Å². The molecule has 1 aliphatic carbocycles. The molecule has 1 N–H and O–H groups in total. The maximum Gasteiger partial charge on any atom is 0.251 e. The zero-order chi connectivity index (χ0) is 14.9. The molecule has 3 aromatic rings. The van der Waals surface area contributed by atoms with E-state index in [1.165, 1.54) is 30.4 Å². The van der Waals surface area contributed by atoms with Crippen molar-refractivity contribution >= 4 is 10.9 Å². The molecule has 22 heavy (non-hydrogen) atoms. The average Bonchev–Trinajstić information content (AvgIpc) is 2.48. The summed E-state index contributed by atoms with van der Waals surface area (Å²) in [6.45, 7) is 0. The standard InChI is InChI=1S/C20H19NO/c22-20-18(13-17-4-1-2-7-19(17)21-20)12-14-8-10-16(11-9-14)15-5-3-6-15/h1-2,4,7-11,13,15H,3,5-6,12H2,(H,21,22). The second kappa shape index (κ2) is 5.45. The fraction of sp³-hybridized carbons (Fsp3) is 0.250. The van der Waals surface area contributed by atoms with Crippen LogP contribution in [0.5, 0.6) is 0 Å². The Hall–Kier alpha value is -2.35. The summed E-state index contributed by atoms with van der Waals surface area (Å²) < 4.78 is 0. The highest BCUT2D eigenvalue weighted by Crippen LogP contribution is 2.36. The SMILES string of the molecule is O=c1[nH]c2ccccc2cc1Cc1ccc(C2CCC2)cc1. The Kier molecular flexibility index (Phi) is 3.30. The lowest BCUT2D eigenvalue weighted by atomic mass is 9.80. The molecule has 1 aliphatic rings. The van der Waals surface area contributed by atoms with E-state index in [1.807, 2.05) is 30.3 Å². The summed E-state index contributed by atoms with van der Waals surface area (Å²) in [5.74, 6) is 0.762. The van der Waals surface area contributed by atoms with Crippen LogP contribution < -0.4 is 5.56 Å². The third kappa shape index (κ3) is 2.45. The zero-order valence-electron chi connectivity index (χ0n) is 12.5. The predicted octanol–water partition coefficient (Wildman–Crippen LogP) is 4.39. The quantitative estimate of drug-likeness (QED) is 0.762. The Morgan fingerprint density at radius 2 is 1.77 bits per heavy atom. The highest BCUT2D eigenvalue weighted by atomic mass is 16.1. The van der Waals surface area contributed by atoms with Crippen LogP contribution in [0.3, 0.4) is 0 Å². The maximum absolute atomic E-state index is 12.2. The van der Waals surface area contributed by atoms with Crippen LogP contribution in [0.1, 0.15) is 41.9 Å². The molecular formula is C20H19NO. The van der Waals surface area contributed by atoms with Gasteiger partial charge in [-0.25, -0.2) is 0 Å². The second-order valence-corrected chi connectivity index (χ2v) is 6.26. The van der Waals surface area contributed by atoms with Gasteiger partial charge < -0.3 is 4.98 Å². The third-order valence-electron chi connectivity index (χ3n) is 4.78. The molecule has 0 bridgehead atoms. The minimum atomic E-state index is 0.0155. The van der Waals surface area contributed by atoms with Crippen molar-refractivity contribution in [3.63, 3.8) is 0 Å². The molecule has 0 spiro atoms. The summed E-state index contributed by atoms with van der Waals surface area (Å²) in [5, 5.41) is 1.09. The van der Waals surface area contributed by atoms with Gasteiger partial charge in [0.25, 0.3) is 5.56 Å². The molecule has 0 unspecified atom stereocenters.